The lowest BCUT2D eigenvalue weighted by molar-refractivity contribution is 0.156. The van der Waals surface area contributed by atoms with Gasteiger partial charge in [0.05, 0.1) is 6.61 Å². The predicted octanol–water partition coefficient (Wildman–Crippen LogP) is 3.56. The summed E-state index contributed by atoms with van der Waals surface area (Å²) in [6.07, 6.45) is 6.25. The highest BCUT2D eigenvalue weighted by atomic mass is 79.9. The Labute approximate surface area is 159 Å². The molecular weight excluding hydrogens is 378 g/mol. The number of nitrogens with one attached hydrogen (secondary N) is 1. The second kappa shape index (κ2) is 6.92. The number of nitrogens with zero attached hydrogens (tertiary/aromatic N) is 2. The molecule has 1 N–H and O–H groups in total. The summed E-state index contributed by atoms with van der Waals surface area (Å²) in [5.41, 5.74) is 2.07. The molecule has 1 aromatic carbocycles. The monoisotopic (exact) mass is 405 g/mol. The number of hydrogen-bond donors (Lipinski definition) is 1. The van der Waals surface area contributed by atoms with Crippen LogP contribution in [0.25, 0.3) is 0 Å². The van der Waals surface area contributed by atoms with Gasteiger partial charge in [0.15, 0.2) is 5.96 Å². The highest BCUT2D eigenvalue weighted by Crippen LogP contribution is 2.44. The van der Waals surface area contributed by atoms with Crippen LogP contribution in [0.2, 0.25) is 0 Å². The minimum Gasteiger partial charge on any atom is -0.381 e. The van der Waals surface area contributed by atoms with E-state index in [0.717, 1.165) is 38.8 Å². The Hall–Kier alpha value is -1.07. The molecule has 1 spiro atoms. The lowest BCUT2D eigenvalue weighted by Crippen LogP contribution is -2.50. The van der Waals surface area contributed by atoms with Crippen LogP contribution in [0.5, 0.6) is 0 Å². The molecule has 0 bridgehead atoms. The molecule has 2 heterocycles. The Morgan fingerprint density at radius 2 is 2.20 bits per heavy atom. The van der Waals surface area contributed by atoms with Crippen molar-refractivity contribution in [2.75, 3.05) is 39.9 Å². The average molecular weight is 406 g/mol. The van der Waals surface area contributed by atoms with Crippen LogP contribution in [0, 0.1) is 5.41 Å². The molecule has 0 aromatic heterocycles. The maximum absolute atomic E-state index is 5.66. The Bertz CT molecular complexity index is 650. The van der Waals surface area contributed by atoms with Gasteiger partial charge in [0.1, 0.15) is 0 Å². The summed E-state index contributed by atoms with van der Waals surface area (Å²) in [6.45, 7) is 4.98. The van der Waals surface area contributed by atoms with Crippen LogP contribution in [0.3, 0.4) is 0 Å². The molecule has 25 heavy (non-hydrogen) atoms. The second-order valence-corrected chi connectivity index (χ2v) is 8.93. The normalized spacial score (nSPS) is 28.4. The number of halogens is 1. The number of aliphatic imine (C=N–C) groups is 1. The van der Waals surface area contributed by atoms with Crippen molar-refractivity contribution in [1.29, 1.82) is 0 Å². The molecule has 2 aliphatic heterocycles. The molecule has 1 saturated carbocycles. The molecule has 2 saturated heterocycles. The Morgan fingerprint density at radius 3 is 2.84 bits per heavy atom. The van der Waals surface area contributed by atoms with Crippen LogP contribution in [-0.2, 0) is 10.2 Å². The molecule has 1 unspecified atom stereocenters. The van der Waals surface area contributed by atoms with E-state index >= 15 is 0 Å². The zero-order valence-corrected chi connectivity index (χ0v) is 16.6. The van der Waals surface area contributed by atoms with Crippen molar-refractivity contribution in [2.24, 2.45) is 10.4 Å². The molecule has 0 radical (unpaired) electrons. The number of guanidine groups is 1. The third-order valence-corrected chi connectivity index (χ3v) is 6.96. The van der Waals surface area contributed by atoms with Crippen LogP contribution in [0.4, 0.5) is 0 Å². The highest BCUT2D eigenvalue weighted by Gasteiger charge is 2.43. The van der Waals surface area contributed by atoms with Gasteiger partial charge in [0, 0.05) is 48.6 Å². The Morgan fingerprint density at radius 1 is 1.32 bits per heavy atom. The van der Waals surface area contributed by atoms with Gasteiger partial charge in [0.25, 0.3) is 0 Å². The first-order valence-electron chi connectivity index (χ1n) is 9.44. The predicted molar refractivity (Wildman–Crippen MR) is 105 cm³/mol. The van der Waals surface area contributed by atoms with E-state index < -0.39 is 0 Å². The molecule has 0 amide bonds. The van der Waals surface area contributed by atoms with Crippen molar-refractivity contribution >= 4 is 21.9 Å². The number of likely N-dealkylation sites (tertiary alicyclic amines) is 1. The molecular formula is C20H28BrN3O. The van der Waals surface area contributed by atoms with Gasteiger partial charge in [-0.25, -0.2) is 0 Å². The number of hydrogen-bond acceptors (Lipinski definition) is 2. The van der Waals surface area contributed by atoms with Crippen molar-refractivity contribution in [3.8, 4) is 0 Å². The van der Waals surface area contributed by atoms with E-state index in [0.29, 0.717) is 5.41 Å². The first-order chi connectivity index (χ1) is 12.1. The van der Waals surface area contributed by atoms with Gasteiger partial charge in [-0.15, -0.1) is 0 Å². The molecule has 1 aromatic rings. The number of ether oxygens (including phenoxy) is 1. The molecule has 1 aliphatic carbocycles. The van der Waals surface area contributed by atoms with Gasteiger partial charge in [-0.2, -0.15) is 0 Å². The van der Waals surface area contributed by atoms with Gasteiger partial charge < -0.3 is 15.0 Å². The summed E-state index contributed by atoms with van der Waals surface area (Å²) in [6, 6.07) is 8.81. The molecule has 5 heteroatoms. The highest BCUT2D eigenvalue weighted by molar-refractivity contribution is 9.10. The lowest BCUT2D eigenvalue weighted by atomic mass is 9.64. The van der Waals surface area contributed by atoms with Crippen LogP contribution in [0.1, 0.15) is 37.7 Å². The lowest BCUT2D eigenvalue weighted by Gasteiger charge is -2.43. The zero-order chi connectivity index (χ0) is 17.3. The summed E-state index contributed by atoms with van der Waals surface area (Å²) in [5.74, 6) is 1.06. The Balaban J connectivity index is 1.42. The largest absolute Gasteiger partial charge is 0.381 e. The SMILES string of the molecule is CN=C(NCC1(c2cccc(Br)c2)CCC1)N1CCC2(CCOC2)C1. The van der Waals surface area contributed by atoms with Gasteiger partial charge in [-0.05, 0) is 43.4 Å². The van der Waals surface area contributed by atoms with E-state index in [4.69, 9.17) is 4.74 Å². The van der Waals surface area contributed by atoms with Crippen LogP contribution < -0.4 is 5.32 Å². The molecule has 4 rings (SSSR count). The fraction of sp³-hybridized carbons (Fsp3) is 0.650. The summed E-state index contributed by atoms with van der Waals surface area (Å²) in [5, 5.41) is 3.70. The number of benzene rings is 1. The van der Waals surface area contributed by atoms with Crippen LogP contribution in [0.15, 0.2) is 33.7 Å². The van der Waals surface area contributed by atoms with Gasteiger partial charge in [-0.3, -0.25) is 4.99 Å². The number of rotatable bonds is 3. The quantitative estimate of drug-likeness (QED) is 0.616. The van der Waals surface area contributed by atoms with Crippen molar-refractivity contribution in [3.63, 3.8) is 0 Å². The minimum atomic E-state index is 0.258. The van der Waals surface area contributed by atoms with Crippen molar-refractivity contribution in [2.45, 2.75) is 37.5 Å². The Kier molecular flexibility index (Phi) is 4.80. The van der Waals surface area contributed by atoms with E-state index in [2.05, 4.69) is 55.4 Å². The summed E-state index contributed by atoms with van der Waals surface area (Å²) in [4.78, 5) is 7.01. The van der Waals surface area contributed by atoms with Crippen molar-refractivity contribution in [3.05, 3.63) is 34.3 Å². The van der Waals surface area contributed by atoms with E-state index in [1.54, 1.807) is 0 Å². The summed E-state index contributed by atoms with van der Waals surface area (Å²) in [7, 11) is 1.91. The van der Waals surface area contributed by atoms with E-state index in [1.807, 2.05) is 7.05 Å². The molecule has 136 valence electrons. The maximum Gasteiger partial charge on any atom is 0.193 e. The smallest absolute Gasteiger partial charge is 0.193 e. The van der Waals surface area contributed by atoms with Crippen LogP contribution in [-0.4, -0.2) is 50.8 Å². The van der Waals surface area contributed by atoms with Crippen LogP contribution >= 0.6 is 15.9 Å². The minimum absolute atomic E-state index is 0.258. The molecule has 4 nitrogen and oxygen atoms in total. The molecule has 1 atom stereocenters. The summed E-state index contributed by atoms with van der Waals surface area (Å²) >= 11 is 3.63. The second-order valence-electron chi connectivity index (χ2n) is 8.02. The van der Waals surface area contributed by atoms with Crippen molar-refractivity contribution < 1.29 is 4.74 Å². The topological polar surface area (TPSA) is 36.9 Å². The van der Waals surface area contributed by atoms with E-state index in [-0.39, 0.29) is 5.41 Å². The zero-order valence-electron chi connectivity index (χ0n) is 15.1. The molecule has 3 aliphatic rings. The van der Waals surface area contributed by atoms with Crippen molar-refractivity contribution in [1.82, 2.24) is 10.2 Å². The average Bonchev–Trinajstić information content (AvgIpc) is 3.21. The maximum atomic E-state index is 5.66. The molecule has 3 fully saturated rings. The fourth-order valence-electron chi connectivity index (χ4n) is 4.66. The third-order valence-electron chi connectivity index (χ3n) is 6.47. The first-order valence-corrected chi connectivity index (χ1v) is 10.2. The van der Waals surface area contributed by atoms with E-state index in [9.17, 15) is 0 Å². The van der Waals surface area contributed by atoms with Gasteiger partial charge in [-0.1, -0.05) is 34.5 Å². The van der Waals surface area contributed by atoms with Gasteiger partial charge in [0.2, 0.25) is 0 Å². The first kappa shape index (κ1) is 17.3. The third kappa shape index (κ3) is 3.33. The van der Waals surface area contributed by atoms with Gasteiger partial charge >= 0.3 is 0 Å². The standard InChI is InChI=1S/C20H28BrN3O/c1-22-18(24-10-8-19(14-24)9-11-25-15-19)23-13-20(6-3-7-20)16-4-2-5-17(21)12-16/h2,4-5,12H,3,6-11,13-15H2,1H3,(H,22,23). The summed E-state index contributed by atoms with van der Waals surface area (Å²) < 4.78 is 6.83. The van der Waals surface area contributed by atoms with E-state index in [1.165, 1.54) is 42.1 Å². The fourth-order valence-corrected chi connectivity index (χ4v) is 5.06.